The van der Waals surface area contributed by atoms with Crippen LogP contribution in [0.15, 0.2) is 0 Å². The van der Waals surface area contributed by atoms with Crippen molar-refractivity contribution < 1.29 is 8.85 Å². The van der Waals surface area contributed by atoms with Crippen LogP contribution >= 0.6 is 0 Å². The van der Waals surface area contributed by atoms with E-state index in [1.807, 2.05) is 13.8 Å². The number of nitrogens with one attached hydrogen (secondary N) is 2. The van der Waals surface area contributed by atoms with E-state index in [1.54, 1.807) is 0 Å². The van der Waals surface area contributed by atoms with E-state index in [9.17, 15) is 0 Å². The molecule has 1 aliphatic rings. The lowest BCUT2D eigenvalue weighted by Crippen LogP contribution is -2.72. The summed E-state index contributed by atoms with van der Waals surface area (Å²) in [5.74, 6) is 0.704. The van der Waals surface area contributed by atoms with Crippen molar-refractivity contribution in [3.05, 3.63) is 0 Å². The van der Waals surface area contributed by atoms with E-state index in [0.29, 0.717) is 31.2 Å². The van der Waals surface area contributed by atoms with Crippen LogP contribution in [0.3, 0.4) is 0 Å². The van der Waals surface area contributed by atoms with Crippen molar-refractivity contribution in [3.63, 3.8) is 0 Å². The van der Waals surface area contributed by atoms with Gasteiger partial charge in [0.15, 0.2) is 0 Å². The molecule has 0 saturated heterocycles. The molecular formula is C15H34N2O2Si. The van der Waals surface area contributed by atoms with Crippen molar-refractivity contribution in [1.29, 1.82) is 0 Å². The maximum absolute atomic E-state index is 6.09. The van der Waals surface area contributed by atoms with E-state index in [2.05, 4.69) is 30.7 Å². The maximum atomic E-state index is 6.09. The van der Waals surface area contributed by atoms with Crippen LogP contribution in [0, 0.1) is 5.92 Å². The fourth-order valence-electron chi connectivity index (χ4n) is 2.86. The Balaban J connectivity index is 2.77. The smallest absolute Gasteiger partial charge is 0.371 e. The van der Waals surface area contributed by atoms with Gasteiger partial charge in [-0.15, -0.1) is 0 Å². The molecule has 0 spiro atoms. The number of rotatable bonds is 9. The zero-order chi connectivity index (χ0) is 15.0. The summed E-state index contributed by atoms with van der Waals surface area (Å²) < 4.78 is 12.2. The van der Waals surface area contributed by atoms with Gasteiger partial charge in [-0.3, -0.25) is 9.96 Å². The molecule has 1 rings (SSSR count). The molecule has 0 aromatic rings. The molecule has 0 aliphatic heterocycles. The summed E-state index contributed by atoms with van der Waals surface area (Å²) in [6.45, 7) is 12.2. The summed E-state index contributed by atoms with van der Waals surface area (Å²) in [6, 6.07) is 0.927. The van der Waals surface area contributed by atoms with Gasteiger partial charge in [0.1, 0.15) is 0 Å². The second-order valence-electron chi connectivity index (χ2n) is 5.95. The lowest BCUT2D eigenvalue weighted by molar-refractivity contribution is 0.140. The minimum atomic E-state index is -2.51. The summed E-state index contributed by atoms with van der Waals surface area (Å²) >= 11 is 0. The molecule has 1 saturated carbocycles. The Bertz CT molecular complexity index is 260. The summed E-state index contributed by atoms with van der Waals surface area (Å²) in [5.41, 5.74) is 0. The van der Waals surface area contributed by atoms with Gasteiger partial charge in [-0.05, 0) is 39.0 Å². The first-order valence-electron chi connectivity index (χ1n) is 8.40. The van der Waals surface area contributed by atoms with Gasteiger partial charge in [0, 0.05) is 25.3 Å². The summed E-state index contributed by atoms with van der Waals surface area (Å²) in [6.07, 6.45) is 6.29. The Kier molecular flexibility index (Phi) is 8.29. The van der Waals surface area contributed by atoms with E-state index in [1.165, 1.54) is 25.7 Å². The van der Waals surface area contributed by atoms with E-state index < -0.39 is 8.88 Å². The second kappa shape index (κ2) is 9.15. The molecule has 1 aliphatic carbocycles. The van der Waals surface area contributed by atoms with Gasteiger partial charge < -0.3 is 8.85 Å². The Labute approximate surface area is 126 Å². The number of hydrogen-bond donors (Lipinski definition) is 2. The highest BCUT2D eigenvalue weighted by atomic mass is 28.4. The Hall–Kier alpha value is 0.0569. The SMILES string of the molecule is CCO[Si](NC(C)CC)(NC1CCCCC1C)OCC. The van der Waals surface area contributed by atoms with Crippen LogP contribution in [-0.4, -0.2) is 34.2 Å². The molecule has 0 aromatic heterocycles. The predicted octanol–water partition coefficient (Wildman–Crippen LogP) is 3.05. The predicted molar refractivity (Wildman–Crippen MR) is 86.5 cm³/mol. The standard InChI is InChI=1S/C15H34N2O2Si/c1-6-14(5)16-20(18-7-2,19-8-3)17-15-12-10-9-11-13(15)4/h13-17H,6-12H2,1-5H3. The van der Waals surface area contributed by atoms with E-state index in [-0.39, 0.29) is 0 Å². The molecular weight excluding hydrogens is 268 g/mol. The third-order valence-electron chi connectivity index (χ3n) is 4.23. The quantitative estimate of drug-likeness (QED) is 0.642. The van der Waals surface area contributed by atoms with Crippen LogP contribution in [0.25, 0.3) is 0 Å². The van der Waals surface area contributed by atoms with Crippen molar-refractivity contribution in [2.75, 3.05) is 13.2 Å². The van der Waals surface area contributed by atoms with E-state index in [0.717, 1.165) is 6.42 Å². The molecule has 3 unspecified atom stereocenters. The van der Waals surface area contributed by atoms with Gasteiger partial charge in [0.05, 0.1) is 0 Å². The first kappa shape index (κ1) is 18.1. The average molecular weight is 303 g/mol. The monoisotopic (exact) mass is 302 g/mol. The van der Waals surface area contributed by atoms with Crippen molar-refractivity contribution in [1.82, 2.24) is 9.96 Å². The average Bonchev–Trinajstić information content (AvgIpc) is 2.42. The van der Waals surface area contributed by atoms with E-state index in [4.69, 9.17) is 8.85 Å². The molecule has 0 bridgehead atoms. The number of hydrogen-bond acceptors (Lipinski definition) is 4. The molecule has 120 valence electrons. The Morgan fingerprint density at radius 3 is 2.20 bits per heavy atom. The van der Waals surface area contributed by atoms with Crippen LogP contribution in [0.5, 0.6) is 0 Å². The molecule has 2 N–H and O–H groups in total. The summed E-state index contributed by atoms with van der Waals surface area (Å²) in [7, 11) is -2.51. The van der Waals surface area contributed by atoms with Crippen LogP contribution in [-0.2, 0) is 8.85 Å². The molecule has 0 heterocycles. The Morgan fingerprint density at radius 1 is 1.10 bits per heavy atom. The minimum Gasteiger partial charge on any atom is -0.371 e. The molecule has 5 heteroatoms. The molecule has 4 nitrogen and oxygen atoms in total. The van der Waals surface area contributed by atoms with Crippen molar-refractivity contribution >= 4 is 8.88 Å². The molecule has 0 radical (unpaired) electrons. The zero-order valence-electron chi connectivity index (χ0n) is 14.0. The highest BCUT2D eigenvalue weighted by molar-refractivity contribution is 6.62. The first-order valence-corrected chi connectivity index (χ1v) is 10.2. The van der Waals surface area contributed by atoms with Crippen LogP contribution in [0.4, 0.5) is 0 Å². The van der Waals surface area contributed by atoms with Crippen LogP contribution in [0.2, 0.25) is 0 Å². The highest BCUT2D eigenvalue weighted by Gasteiger charge is 2.43. The van der Waals surface area contributed by atoms with E-state index >= 15 is 0 Å². The van der Waals surface area contributed by atoms with Gasteiger partial charge in [0.2, 0.25) is 0 Å². The highest BCUT2D eigenvalue weighted by Crippen LogP contribution is 2.25. The third-order valence-corrected chi connectivity index (χ3v) is 7.24. The van der Waals surface area contributed by atoms with Crippen LogP contribution in [0.1, 0.15) is 66.7 Å². The topological polar surface area (TPSA) is 42.5 Å². The van der Waals surface area contributed by atoms with Gasteiger partial charge >= 0.3 is 8.88 Å². The molecule has 3 atom stereocenters. The Morgan fingerprint density at radius 2 is 1.70 bits per heavy atom. The molecule has 0 amide bonds. The molecule has 20 heavy (non-hydrogen) atoms. The van der Waals surface area contributed by atoms with Gasteiger partial charge in [-0.25, -0.2) is 0 Å². The lowest BCUT2D eigenvalue weighted by Gasteiger charge is -2.39. The summed E-state index contributed by atoms with van der Waals surface area (Å²) in [4.78, 5) is 7.40. The zero-order valence-corrected chi connectivity index (χ0v) is 15.0. The van der Waals surface area contributed by atoms with Gasteiger partial charge in [-0.2, -0.15) is 0 Å². The maximum Gasteiger partial charge on any atom is 0.517 e. The largest absolute Gasteiger partial charge is 0.517 e. The van der Waals surface area contributed by atoms with Gasteiger partial charge in [0.25, 0.3) is 0 Å². The van der Waals surface area contributed by atoms with Crippen molar-refractivity contribution in [3.8, 4) is 0 Å². The normalized spacial score (nSPS) is 25.6. The first-order chi connectivity index (χ1) is 9.56. The fraction of sp³-hybridized carbons (Fsp3) is 1.00. The van der Waals surface area contributed by atoms with Gasteiger partial charge in [-0.1, -0.05) is 33.6 Å². The second-order valence-corrected chi connectivity index (χ2v) is 8.34. The third kappa shape index (κ3) is 5.45. The van der Waals surface area contributed by atoms with Crippen LogP contribution < -0.4 is 9.96 Å². The lowest BCUT2D eigenvalue weighted by atomic mass is 9.87. The molecule has 0 aromatic carbocycles. The minimum absolute atomic E-state index is 0.408. The fourth-order valence-corrected chi connectivity index (χ4v) is 5.94. The van der Waals surface area contributed by atoms with Crippen molar-refractivity contribution in [2.24, 2.45) is 5.92 Å². The molecule has 1 fully saturated rings. The summed E-state index contributed by atoms with van der Waals surface area (Å²) in [5, 5.41) is 0. The van der Waals surface area contributed by atoms with Crippen molar-refractivity contribution in [2.45, 2.75) is 78.8 Å².